The number of hydrogen-bond acceptors (Lipinski definition) is 1. The van der Waals surface area contributed by atoms with Crippen molar-refractivity contribution < 1.29 is 9.90 Å². The molecule has 0 aromatic heterocycles. The van der Waals surface area contributed by atoms with Crippen LogP contribution in [0.1, 0.15) is 30.9 Å². The van der Waals surface area contributed by atoms with Crippen LogP contribution in [-0.2, 0) is 10.2 Å². The zero-order valence-corrected chi connectivity index (χ0v) is 12.0. The van der Waals surface area contributed by atoms with Gasteiger partial charge in [0.1, 0.15) is 5.41 Å². The van der Waals surface area contributed by atoms with Crippen LogP contribution in [-0.4, -0.2) is 11.1 Å². The van der Waals surface area contributed by atoms with Crippen molar-refractivity contribution in [3.05, 3.63) is 71.8 Å². The minimum absolute atomic E-state index is 0.490. The first kappa shape index (κ1) is 13.6. The second-order valence-electron chi connectivity index (χ2n) is 5.39. The van der Waals surface area contributed by atoms with Gasteiger partial charge in [-0.25, -0.2) is 0 Å². The topological polar surface area (TPSA) is 37.3 Å². The van der Waals surface area contributed by atoms with Crippen molar-refractivity contribution in [1.29, 1.82) is 0 Å². The molecule has 1 aliphatic rings. The summed E-state index contributed by atoms with van der Waals surface area (Å²) in [5, 5.41) is 10.0. The Balaban J connectivity index is 2.28. The molecule has 2 heteroatoms. The summed E-state index contributed by atoms with van der Waals surface area (Å²) < 4.78 is 0. The summed E-state index contributed by atoms with van der Waals surface area (Å²) >= 11 is 0. The number of carboxylic acid groups (broad SMARTS) is 1. The minimum Gasteiger partial charge on any atom is -0.480 e. The lowest BCUT2D eigenvalue weighted by molar-refractivity contribution is -0.141. The molecule has 0 saturated carbocycles. The Morgan fingerprint density at radius 1 is 1.00 bits per heavy atom. The third-order valence-corrected chi connectivity index (χ3v) is 4.26. The Morgan fingerprint density at radius 3 is 2.00 bits per heavy atom. The molecular formula is C19H18O2. The van der Waals surface area contributed by atoms with E-state index < -0.39 is 11.4 Å². The predicted molar refractivity (Wildman–Crippen MR) is 84.3 cm³/mol. The van der Waals surface area contributed by atoms with Crippen LogP contribution in [0.4, 0.5) is 0 Å². The number of carboxylic acids is 1. The molecule has 2 aromatic rings. The molecule has 106 valence electrons. The molecule has 0 aliphatic heterocycles. The van der Waals surface area contributed by atoms with Crippen molar-refractivity contribution in [3.8, 4) is 11.1 Å². The highest BCUT2D eigenvalue weighted by atomic mass is 16.4. The van der Waals surface area contributed by atoms with Gasteiger partial charge in [0, 0.05) is 0 Å². The molecule has 2 nitrogen and oxygen atoms in total. The normalized spacial score (nSPS) is 14.9. The average Bonchev–Trinajstić information content (AvgIpc) is 2.80. The van der Waals surface area contributed by atoms with Crippen LogP contribution in [0.25, 0.3) is 11.1 Å². The molecule has 0 fully saturated rings. The summed E-state index contributed by atoms with van der Waals surface area (Å²) in [6, 6.07) is 15.7. The summed E-state index contributed by atoms with van der Waals surface area (Å²) in [6.07, 6.45) is 5.43. The first-order valence-electron chi connectivity index (χ1n) is 7.29. The standard InChI is InChI=1S/C19H18O2/c1-2-3-8-13-19(18(20)21)16-11-6-4-9-14(16)15-10-5-7-12-17(15)19/h3-12H,2,13H2,1H3,(H,20,21)/b8-3+. The van der Waals surface area contributed by atoms with E-state index in [2.05, 4.69) is 6.92 Å². The van der Waals surface area contributed by atoms with Crippen LogP contribution < -0.4 is 0 Å². The van der Waals surface area contributed by atoms with Gasteiger partial charge in [0.15, 0.2) is 0 Å². The van der Waals surface area contributed by atoms with Crippen molar-refractivity contribution in [1.82, 2.24) is 0 Å². The molecular weight excluding hydrogens is 260 g/mol. The molecule has 0 unspecified atom stereocenters. The monoisotopic (exact) mass is 278 g/mol. The number of allylic oxidation sites excluding steroid dienone is 2. The number of aliphatic carboxylic acids is 1. The maximum atomic E-state index is 12.2. The van der Waals surface area contributed by atoms with Crippen molar-refractivity contribution in [3.63, 3.8) is 0 Å². The molecule has 0 saturated heterocycles. The third kappa shape index (κ3) is 1.90. The van der Waals surface area contributed by atoms with Gasteiger partial charge in [0.25, 0.3) is 0 Å². The first-order valence-corrected chi connectivity index (χ1v) is 7.29. The van der Waals surface area contributed by atoms with Crippen LogP contribution >= 0.6 is 0 Å². The predicted octanol–water partition coefficient (Wildman–Crippen LogP) is 4.39. The largest absolute Gasteiger partial charge is 0.480 e. The fourth-order valence-corrected chi connectivity index (χ4v) is 3.29. The van der Waals surface area contributed by atoms with E-state index in [1.54, 1.807) is 0 Å². The molecule has 1 N–H and O–H groups in total. The number of carbonyl (C=O) groups is 1. The Hall–Kier alpha value is -2.35. The highest BCUT2D eigenvalue weighted by Gasteiger charge is 2.48. The van der Waals surface area contributed by atoms with Crippen LogP contribution in [0.5, 0.6) is 0 Å². The Kier molecular flexibility index (Phi) is 3.38. The van der Waals surface area contributed by atoms with Gasteiger partial charge in [-0.15, -0.1) is 0 Å². The fourth-order valence-electron chi connectivity index (χ4n) is 3.29. The second kappa shape index (κ2) is 5.21. The van der Waals surface area contributed by atoms with Crippen molar-refractivity contribution in [2.45, 2.75) is 25.2 Å². The van der Waals surface area contributed by atoms with E-state index in [9.17, 15) is 9.90 Å². The molecule has 21 heavy (non-hydrogen) atoms. The molecule has 2 aromatic carbocycles. The van der Waals surface area contributed by atoms with Gasteiger partial charge in [-0.05, 0) is 35.1 Å². The fraction of sp³-hybridized carbons (Fsp3) is 0.211. The second-order valence-corrected chi connectivity index (χ2v) is 5.39. The third-order valence-electron chi connectivity index (χ3n) is 4.26. The average molecular weight is 278 g/mol. The Labute approximate surface area is 124 Å². The van der Waals surface area contributed by atoms with Gasteiger partial charge in [0.2, 0.25) is 0 Å². The van der Waals surface area contributed by atoms with Crippen LogP contribution in [0.15, 0.2) is 60.7 Å². The highest BCUT2D eigenvalue weighted by Crippen LogP contribution is 2.51. The summed E-state index contributed by atoms with van der Waals surface area (Å²) in [6.45, 7) is 2.06. The highest BCUT2D eigenvalue weighted by molar-refractivity contribution is 5.97. The lowest BCUT2D eigenvalue weighted by Gasteiger charge is -2.26. The summed E-state index contributed by atoms with van der Waals surface area (Å²) in [7, 11) is 0. The quantitative estimate of drug-likeness (QED) is 0.842. The molecule has 3 rings (SSSR count). The number of hydrogen-bond donors (Lipinski definition) is 1. The van der Waals surface area contributed by atoms with Crippen LogP contribution in [0.3, 0.4) is 0 Å². The summed E-state index contributed by atoms with van der Waals surface area (Å²) in [5.41, 5.74) is 2.93. The molecule has 0 radical (unpaired) electrons. The van der Waals surface area contributed by atoms with E-state index in [0.717, 1.165) is 28.7 Å². The maximum absolute atomic E-state index is 12.2. The van der Waals surface area contributed by atoms with Gasteiger partial charge >= 0.3 is 5.97 Å². The van der Waals surface area contributed by atoms with Gasteiger partial charge in [0.05, 0.1) is 0 Å². The van der Waals surface area contributed by atoms with Crippen LogP contribution in [0, 0.1) is 0 Å². The molecule has 0 spiro atoms. The molecule has 1 aliphatic carbocycles. The number of rotatable bonds is 4. The summed E-state index contributed by atoms with van der Waals surface area (Å²) in [4.78, 5) is 12.2. The van der Waals surface area contributed by atoms with E-state index in [1.165, 1.54) is 0 Å². The lowest BCUT2D eigenvalue weighted by atomic mass is 9.75. The molecule has 0 bridgehead atoms. The Bertz CT molecular complexity index is 668. The lowest BCUT2D eigenvalue weighted by Crippen LogP contribution is -2.34. The van der Waals surface area contributed by atoms with Crippen molar-refractivity contribution in [2.24, 2.45) is 0 Å². The molecule has 0 atom stereocenters. The van der Waals surface area contributed by atoms with Gasteiger partial charge in [-0.3, -0.25) is 4.79 Å². The number of fused-ring (bicyclic) bond motifs is 3. The van der Waals surface area contributed by atoms with Crippen molar-refractivity contribution >= 4 is 5.97 Å². The van der Waals surface area contributed by atoms with E-state index >= 15 is 0 Å². The molecule has 0 heterocycles. The number of benzene rings is 2. The van der Waals surface area contributed by atoms with E-state index in [-0.39, 0.29) is 0 Å². The zero-order chi connectivity index (χ0) is 14.9. The van der Waals surface area contributed by atoms with Gasteiger partial charge < -0.3 is 5.11 Å². The minimum atomic E-state index is -0.959. The molecule has 0 amide bonds. The zero-order valence-electron chi connectivity index (χ0n) is 12.0. The van der Waals surface area contributed by atoms with Crippen LogP contribution in [0.2, 0.25) is 0 Å². The first-order chi connectivity index (χ1) is 10.2. The van der Waals surface area contributed by atoms with E-state index in [0.29, 0.717) is 6.42 Å². The smallest absolute Gasteiger partial charge is 0.319 e. The van der Waals surface area contributed by atoms with Crippen molar-refractivity contribution in [2.75, 3.05) is 0 Å². The van der Waals surface area contributed by atoms with E-state index in [4.69, 9.17) is 0 Å². The van der Waals surface area contributed by atoms with E-state index in [1.807, 2.05) is 60.7 Å². The SMILES string of the molecule is CC/C=C/CC1(C(=O)O)c2ccccc2-c2ccccc21. The summed E-state index contributed by atoms with van der Waals surface area (Å²) in [5.74, 6) is -0.777. The van der Waals surface area contributed by atoms with Gasteiger partial charge in [-0.1, -0.05) is 67.6 Å². The maximum Gasteiger partial charge on any atom is 0.319 e. The Morgan fingerprint density at radius 2 is 1.52 bits per heavy atom. The van der Waals surface area contributed by atoms with Gasteiger partial charge in [-0.2, -0.15) is 0 Å².